The summed E-state index contributed by atoms with van der Waals surface area (Å²) < 4.78 is 11.0. The number of rotatable bonds is 6. The van der Waals surface area contributed by atoms with E-state index in [4.69, 9.17) is 9.47 Å². The molecule has 0 N–H and O–H groups in total. The zero-order valence-electron chi connectivity index (χ0n) is 14.1. The third-order valence-corrected chi connectivity index (χ3v) is 6.47. The molecule has 4 nitrogen and oxygen atoms in total. The molecule has 2 heterocycles. The van der Waals surface area contributed by atoms with Crippen LogP contribution in [0.3, 0.4) is 0 Å². The number of hydrogen-bond acceptors (Lipinski definition) is 5. The van der Waals surface area contributed by atoms with Gasteiger partial charge >= 0.3 is 0 Å². The van der Waals surface area contributed by atoms with Crippen LogP contribution in [0, 0.1) is 11.8 Å². The maximum atomic E-state index is 5.52. The quantitative estimate of drug-likeness (QED) is 0.749. The lowest BCUT2D eigenvalue weighted by Crippen LogP contribution is -2.49. The largest absolute Gasteiger partial charge is 0.379 e. The Labute approximate surface area is 134 Å². The highest BCUT2D eigenvalue weighted by Crippen LogP contribution is 2.33. The van der Waals surface area contributed by atoms with Crippen molar-refractivity contribution in [2.75, 3.05) is 52.6 Å². The van der Waals surface area contributed by atoms with Crippen molar-refractivity contribution < 1.29 is 9.47 Å². The summed E-state index contributed by atoms with van der Waals surface area (Å²) in [5.74, 6) is 1.32. The molecule has 2 atom stereocenters. The number of morpholine rings is 2. The highest BCUT2D eigenvalue weighted by Gasteiger charge is 2.32. The molecule has 0 saturated carbocycles. The summed E-state index contributed by atoms with van der Waals surface area (Å²) in [5, 5.41) is 1.17. The van der Waals surface area contributed by atoms with Gasteiger partial charge < -0.3 is 9.47 Å². The highest BCUT2D eigenvalue weighted by molar-refractivity contribution is 8.00. The third-order valence-electron chi connectivity index (χ3n) is 4.23. The number of nitrogens with zero attached hydrogens (tertiary/aromatic N) is 2. The van der Waals surface area contributed by atoms with Gasteiger partial charge in [0.2, 0.25) is 0 Å². The van der Waals surface area contributed by atoms with E-state index in [-0.39, 0.29) is 0 Å². The van der Waals surface area contributed by atoms with Gasteiger partial charge in [0.15, 0.2) is 0 Å². The molecule has 0 radical (unpaired) electrons. The first-order valence-corrected chi connectivity index (χ1v) is 9.33. The van der Waals surface area contributed by atoms with Gasteiger partial charge in [0.1, 0.15) is 0 Å². The zero-order chi connectivity index (χ0) is 15.2. The van der Waals surface area contributed by atoms with Crippen LogP contribution < -0.4 is 0 Å². The predicted molar refractivity (Wildman–Crippen MR) is 89.6 cm³/mol. The molecule has 0 amide bonds. The van der Waals surface area contributed by atoms with Gasteiger partial charge in [0.25, 0.3) is 0 Å². The van der Waals surface area contributed by atoms with Crippen molar-refractivity contribution in [2.45, 2.75) is 38.4 Å². The van der Waals surface area contributed by atoms with E-state index in [1.54, 1.807) is 0 Å². The molecule has 0 spiro atoms. The Bertz CT molecular complexity index is 262. The van der Waals surface area contributed by atoms with Crippen LogP contribution in [0.1, 0.15) is 27.7 Å². The second-order valence-corrected chi connectivity index (χ2v) is 7.94. The molecule has 2 aliphatic rings. The minimum Gasteiger partial charge on any atom is -0.379 e. The average molecular weight is 317 g/mol. The fourth-order valence-electron chi connectivity index (χ4n) is 3.14. The van der Waals surface area contributed by atoms with Crippen molar-refractivity contribution in [2.24, 2.45) is 11.8 Å². The summed E-state index contributed by atoms with van der Waals surface area (Å²) in [6, 6.07) is 0. The molecular formula is C16H32N2O2S. The molecule has 2 aliphatic heterocycles. The molecule has 5 heteroatoms. The Morgan fingerprint density at radius 1 is 0.667 bits per heavy atom. The van der Waals surface area contributed by atoms with Crippen LogP contribution in [0.4, 0.5) is 0 Å². The Hall–Kier alpha value is 0.190. The van der Waals surface area contributed by atoms with Crippen LogP contribution in [-0.4, -0.2) is 73.2 Å². The normalized spacial score (nSPS) is 25.4. The second kappa shape index (κ2) is 8.73. The third kappa shape index (κ3) is 5.10. The molecule has 2 unspecified atom stereocenters. The fourth-order valence-corrected chi connectivity index (χ4v) is 4.82. The first kappa shape index (κ1) is 17.5. The number of ether oxygens (including phenoxy) is 2. The summed E-state index contributed by atoms with van der Waals surface area (Å²) in [4.78, 5) is 5.24. The lowest BCUT2D eigenvalue weighted by Gasteiger charge is -2.43. The topological polar surface area (TPSA) is 24.9 Å². The van der Waals surface area contributed by atoms with Gasteiger partial charge in [-0.2, -0.15) is 0 Å². The van der Waals surface area contributed by atoms with Gasteiger partial charge in [-0.1, -0.05) is 27.7 Å². The lowest BCUT2D eigenvalue weighted by molar-refractivity contribution is 0.0195. The maximum Gasteiger partial charge on any atom is 0.0597 e. The van der Waals surface area contributed by atoms with Crippen LogP contribution in [0.2, 0.25) is 0 Å². The summed E-state index contributed by atoms with van der Waals surface area (Å²) >= 11 is 2.16. The Balaban J connectivity index is 2.00. The summed E-state index contributed by atoms with van der Waals surface area (Å²) in [6.07, 6.45) is 0. The van der Waals surface area contributed by atoms with E-state index in [0.29, 0.717) is 22.6 Å². The van der Waals surface area contributed by atoms with Crippen LogP contribution in [0.15, 0.2) is 0 Å². The van der Waals surface area contributed by atoms with Crippen molar-refractivity contribution in [3.63, 3.8) is 0 Å². The van der Waals surface area contributed by atoms with Crippen molar-refractivity contribution in [3.8, 4) is 0 Å². The molecule has 0 bridgehead atoms. The molecule has 0 aliphatic carbocycles. The fraction of sp³-hybridized carbons (Fsp3) is 1.00. The standard InChI is InChI=1S/C16H32N2O2S/c1-13(2)15(17-5-9-19-10-6-17)21-16(14(3)4)18-7-11-20-12-8-18/h13-16H,5-12H2,1-4H3. The minimum absolute atomic E-state index is 0.587. The molecule has 0 aromatic rings. The summed E-state index contributed by atoms with van der Waals surface area (Å²) in [6.45, 7) is 17.2. The van der Waals surface area contributed by atoms with Crippen LogP contribution >= 0.6 is 11.8 Å². The van der Waals surface area contributed by atoms with Crippen LogP contribution in [0.5, 0.6) is 0 Å². The Morgan fingerprint density at radius 2 is 1.00 bits per heavy atom. The van der Waals surface area contributed by atoms with Gasteiger partial charge in [0.05, 0.1) is 37.2 Å². The summed E-state index contributed by atoms with van der Waals surface area (Å²) in [7, 11) is 0. The molecule has 2 saturated heterocycles. The van der Waals surface area contributed by atoms with Crippen LogP contribution in [-0.2, 0) is 9.47 Å². The van der Waals surface area contributed by atoms with Crippen molar-refractivity contribution in [1.82, 2.24) is 9.80 Å². The first-order valence-electron chi connectivity index (χ1n) is 8.38. The van der Waals surface area contributed by atoms with E-state index in [2.05, 4.69) is 49.3 Å². The minimum atomic E-state index is 0.587. The van der Waals surface area contributed by atoms with Gasteiger partial charge in [-0.3, -0.25) is 9.80 Å². The molecule has 2 fully saturated rings. The van der Waals surface area contributed by atoms with Gasteiger partial charge in [-0.05, 0) is 11.8 Å². The van der Waals surface area contributed by atoms with E-state index >= 15 is 0 Å². The predicted octanol–water partition coefficient (Wildman–Crippen LogP) is 2.35. The molecule has 124 valence electrons. The van der Waals surface area contributed by atoms with Gasteiger partial charge in [-0.15, -0.1) is 11.8 Å². The van der Waals surface area contributed by atoms with Gasteiger partial charge in [-0.25, -0.2) is 0 Å². The SMILES string of the molecule is CC(C)C(SC(C(C)C)N1CCOCC1)N1CCOCC1. The van der Waals surface area contributed by atoms with Gasteiger partial charge in [0, 0.05) is 26.2 Å². The van der Waals surface area contributed by atoms with Crippen LogP contribution in [0.25, 0.3) is 0 Å². The van der Waals surface area contributed by atoms with Crippen molar-refractivity contribution >= 4 is 11.8 Å². The highest BCUT2D eigenvalue weighted by atomic mass is 32.2. The maximum absolute atomic E-state index is 5.52. The average Bonchev–Trinajstić information content (AvgIpc) is 2.49. The molecule has 0 aromatic heterocycles. The molecule has 21 heavy (non-hydrogen) atoms. The zero-order valence-corrected chi connectivity index (χ0v) is 14.9. The number of hydrogen-bond donors (Lipinski definition) is 0. The first-order chi connectivity index (χ1) is 10.1. The van der Waals surface area contributed by atoms with Crippen molar-refractivity contribution in [3.05, 3.63) is 0 Å². The van der Waals surface area contributed by atoms with E-state index in [9.17, 15) is 0 Å². The Kier molecular flexibility index (Phi) is 7.29. The molecule has 0 aromatic carbocycles. The van der Waals surface area contributed by atoms with E-state index in [1.165, 1.54) is 0 Å². The lowest BCUT2D eigenvalue weighted by atomic mass is 10.2. The van der Waals surface area contributed by atoms with E-state index in [0.717, 1.165) is 52.6 Å². The van der Waals surface area contributed by atoms with Crippen molar-refractivity contribution in [1.29, 1.82) is 0 Å². The molecular weight excluding hydrogens is 284 g/mol. The monoisotopic (exact) mass is 316 g/mol. The molecule has 2 rings (SSSR count). The smallest absolute Gasteiger partial charge is 0.0597 e. The number of thioether (sulfide) groups is 1. The second-order valence-electron chi connectivity index (χ2n) is 6.70. The summed E-state index contributed by atoms with van der Waals surface area (Å²) in [5.41, 5.74) is 0. The van der Waals surface area contributed by atoms with E-state index in [1.807, 2.05) is 0 Å². The Morgan fingerprint density at radius 3 is 1.29 bits per heavy atom. The van der Waals surface area contributed by atoms with E-state index < -0.39 is 0 Å².